The van der Waals surface area contributed by atoms with Gasteiger partial charge in [-0.3, -0.25) is 9.59 Å². The third-order valence-electron chi connectivity index (χ3n) is 4.85. The third-order valence-corrected chi connectivity index (χ3v) is 5.73. The molecule has 0 bridgehead atoms. The number of hydrogen-bond donors (Lipinski definition) is 1. The average molecular weight is 409 g/mol. The van der Waals surface area contributed by atoms with Crippen molar-refractivity contribution in [1.29, 1.82) is 0 Å². The molecule has 2 aromatic carbocycles. The van der Waals surface area contributed by atoms with Gasteiger partial charge in [-0.2, -0.15) is 0 Å². The van der Waals surface area contributed by atoms with Gasteiger partial charge in [-0.15, -0.1) is 11.3 Å². The number of carbonyl (C=O) groups excluding carboxylic acids is 2. The van der Waals surface area contributed by atoms with Crippen LogP contribution in [0.5, 0.6) is 0 Å². The summed E-state index contributed by atoms with van der Waals surface area (Å²) in [5, 5.41) is 4.82. The topological polar surface area (TPSA) is 62.3 Å². The van der Waals surface area contributed by atoms with Crippen LogP contribution in [0.1, 0.15) is 40.1 Å². The van der Waals surface area contributed by atoms with Crippen molar-refractivity contribution in [2.45, 2.75) is 19.3 Å². The number of rotatable bonds is 4. The fourth-order valence-corrected chi connectivity index (χ4v) is 4.17. The van der Waals surface area contributed by atoms with Crippen LogP contribution in [0.3, 0.4) is 0 Å². The van der Waals surface area contributed by atoms with Crippen LogP contribution in [0.2, 0.25) is 0 Å². The molecular weight excluding hydrogens is 389 g/mol. The van der Waals surface area contributed by atoms with E-state index in [4.69, 9.17) is 0 Å². The minimum atomic E-state index is -0.397. The van der Waals surface area contributed by atoms with Crippen molar-refractivity contribution >= 4 is 28.8 Å². The predicted molar refractivity (Wildman–Crippen MR) is 112 cm³/mol. The van der Waals surface area contributed by atoms with E-state index >= 15 is 0 Å². The van der Waals surface area contributed by atoms with Gasteiger partial charge in [-0.05, 0) is 49.6 Å². The third kappa shape index (κ3) is 4.35. The van der Waals surface area contributed by atoms with Crippen molar-refractivity contribution in [1.82, 2.24) is 9.88 Å². The summed E-state index contributed by atoms with van der Waals surface area (Å²) in [5.41, 5.74) is 1.65. The second-order valence-electron chi connectivity index (χ2n) is 6.91. The highest BCUT2D eigenvalue weighted by atomic mass is 32.1. The van der Waals surface area contributed by atoms with Crippen molar-refractivity contribution in [3.8, 4) is 10.6 Å². The number of anilines is 1. The molecule has 7 heteroatoms. The van der Waals surface area contributed by atoms with E-state index in [1.54, 1.807) is 47.8 Å². The second kappa shape index (κ2) is 8.53. The number of carbonyl (C=O) groups is 2. The Morgan fingerprint density at radius 2 is 1.83 bits per heavy atom. The lowest BCUT2D eigenvalue weighted by atomic mass is 10.1. The van der Waals surface area contributed by atoms with E-state index in [1.807, 2.05) is 4.90 Å². The molecule has 0 atom stereocenters. The fourth-order valence-electron chi connectivity index (χ4n) is 3.34. The Bertz CT molecular complexity index is 1040. The molecule has 1 aliphatic rings. The number of likely N-dealkylation sites (tertiary alicyclic amines) is 1. The zero-order chi connectivity index (χ0) is 20.2. The van der Waals surface area contributed by atoms with Gasteiger partial charge in [0.2, 0.25) is 0 Å². The first-order valence-electron chi connectivity index (χ1n) is 9.53. The Morgan fingerprint density at radius 1 is 1.03 bits per heavy atom. The van der Waals surface area contributed by atoms with Crippen LogP contribution in [-0.4, -0.2) is 34.8 Å². The molecule has 0 spiro atoms. The number of piperidine rings is 1. The van der Waals surface area contributed by atoms with Crippen LogP contribution in [0.25, 0.3) is 10.6 Å². The Hall–Kier alpha value is -3.06. The van der Waals surface area contributed by atoms with E-state index < -0.39 is 5.91 Å². The van der Waals surface area contributed by atoms with Crippen molar-refractivity contribution in [3.05, 3.63) is 71.0 Å². The van der Waals surface area contributed by atoms with Crippen LogP contribution >= 0.6 is 11.3 Å². The second-order valence-corrected chi connectivity index (χ2v) is 7.76. The van der Waals surface area contributed by atoms with Crippen LogP contribution in [0.4, 0.5) is 10.1 Å². The van der Waals surface area contributed by atoms with E-state index in [9.17, 15) is 14.0 Å². The summed E-state index contributed by atoms with van der Waals surface area (Å²) in [5.74, 6) is -0.791. The molecule has 1 aliphatic heterocycles. The van der Waals surface area contributed by atoms with Gasteiger partial charge in [0.05, 0.1) is 0 Å². The Morgan fingerprint density at radius 3 is 2.62 bits per heavy atom. The van der Waals surface area contributed by atoms with Gasteiger partial charge in [0.1, 0.15) is 16.5 Å². The van der Waals surface area contributed by atoms with Crippen molar-refractivity contribution in [2.24, 2.45) is 0 Å². The van der Waals surface area contributed by atoms with Crippen LogP contribution in [0, 0.1) is 5.82 Å². The zero-order valence-electron chi connectivity index (χ0n) is 15.7. The van der Waals surface area contributed by atoms with Crippen LogP contribution in [0.15, 0.2) is 53.9 Å². The lowest BCUT2D eigenvalue weighted by molar-refractivity contribution is 0.0724. The lowest BCUT2D eigenvalue weighted by Crippen LogP contribution is -2.35. The summed E-state index contributed by atoms with van der Waals surface area (Å²) in [7, 11) is 0. The van der Waals surface area contributed by atoms with E-state index in [2.05, 4.69) is 10.3 Å². The zero-order valence-corrected chi connectivity index (χ0v) is 16.5. The van der Waals surface area contributed by atoms with E-state index in [0.717, 1.165) is 32.4 Å². The number of nitrogens with one attached hydrogen (secondary N) is 1. The highest BCUT2D eigenvalue weighted by Crippen LogP contribution is 2.26. The molecule has 1 N–H and O–H groups in total. The molecular formula is C22H20FN3O2S. The monoisotopic (exact) mass is 409 g/mol. The van der Waals surface area contributed by atoms with E-state index in [-0.39, 0.29) is 17.4 Å². The molecule has 1 saturated heterocycles. The van der Waals surface area contributed by atoms with Gasteiger partial charge in [-0.1, -0.05) is 18.2 Å². The summed E-state index contributed by atoms with van der Waals surface area (Å²) >= 11 is 1.21. The Kier molecular flexibility index (Phi) is 5.67. The maximum atomic E-state index is 13.9. The maximum absolute atomic E-state index is 13.9. The molecule has 5 nitrogen and oxygen atoms in total. The van der Waals surface area contributed by atoms with Gasteiger partial charge in [0.25, 0.3) is 11.8 Å². The number of benzene rings is 2. The van der Waals surface area contributed by atoms with Gasteiger partial charge in [-0.25, -0.2) is 9.37 Å². The summed E-state index contributed by atoms with van der Waals surface area (Å²) in [4.78, 5) is 31.3. The van der Waals surface area contributed by atoms with Gasteiger partial charge < -0.3 is 10.2 Å². The molecule has 2 amide bonds. The molecule has 0 saturated carbocycles. The molecule has 148 valence electrons. The summed E-state index contributed by atoms with van der Waals surface area (Å²) < 4.78 is 13.9. The maximum Gasteiger partial charge on any atom is 0.275 e. The molecule has 0 radical (unpaired) electrons. The number of hydrogen-bond acceptors (Lipinski definition) is 4. The first kappa shape index (κ1) is 19.3. The quantitative estimate of drug-likeness (QED) is 0.671. The number of thiazole rings is 1. The molecule has 0 aliphatic carbocycles. The first-order valence-corrected chi connectivity index (χ1v) is 10.4. The van der Waals surface area contributed by atoms with Crippen molar-refractivity contribution in [3.63, 3.8) is 0 Å². The van der Waals surface area contributed by atoms with Crippen molar-refractivity contribution in [2.75, 3.05) is 18.4 Å². The van der Waals surface area contributed by atoms with Crippen LogP contribution in [-0.2, 0) is 0 Å². The van der Waals surface area contributed by atoms with Gasteiger partial charge >= 0.3 is 0 Å². The Labute approximate surface area is 172 Å². The normalized spacial score (nSPS) is 13.9. The standard InChI is InChI=1S/C22H20FN3O2S/c23-18-10-3-2-9-17(18)21-25-19(14-29-21)20(27)24-16-8-6-7-15(13-16)22(28)26-11-4-1-5-12-26/h2-3,6-10,13-14H,1,4-5,11-12H2,(H,24,27). The smallest absolute Gasteiger partial charge is 0.275 e. The molecule has 4 rings (SSSR count). The summed E-state index contributed by atoms with van der Waals surface area (Å²) in [6.45, 7) is 1.54. The Balaban J connectivity index is 1.48. The molecule has 1 fully saturated rings. The minimum Gasteiger partial charge on any atom is -0.339 e. The van der Waals surface area contributed by atoms with Gasteiger partial charge in [0.15, 0.2) is 0 Å². The number of nitrogens with zero attached hydrogens (tertiary/aromatic N) is 2. The van der Waals surface area contributed by atoms with E-state index in [1.165, 1.54) is 17.4 Å². The number of aromatic nitrogens is 1. The molecule has 2 heterocycles. The lowest BCUT2D eigenvalue weighted by Gasteiger charge is -2.26. The summed E-state index contributed by atoms with van der Waals surface area (Å²) in [6.07, 6.45) is 3.20. The largest absolute Gasteiger partial charge is 0.339 e. The van der Waals surface area contributed by atoms with Crippen LogP contribution < -0.4 is 5.32 Å². The number of halogens is 1. The average Bonchev–Trinajstić information content (AvgIpc) is 3.24. The first-order chi connectivity index (χ1) is 14.1. The predicted octanol–water partition coefficient (Wildman–Crippen LogP) is 4.83. The molecule has 3 aromatic rings. The molecule has 0 unspecified atom stereocenters. The highest BCUT2D eigenvalue weighted by molar-refractivity contribution is 7.13. The number of amides is 2. The highest BCUT2D eigenvalue weighted by Gasteiger charge is 2.19. The van der Waals surface area contributed by atoms with Gasteiger partial charge in [0, 0.05) is 35.3 Å². The van der Waals surface area contributed by atoms with Crippen molar-refractivity contribution < 1.29 is 14.0 Å². The summed E-state index contributed by atoms with van der Waals surface area (Å²) in [6, 6.07) is 13.2. The van der Waals surface area contributed by atoms with E-state index in [0.29, 0.717) is 21.8 Å². The minimum absolute atomic E-state index is 0.0173. The SMILES string of the molecule is O=C(Nc1cccc(C(=O)N2CCCCC2)c1)c1csc(-c2ccccc2F)n1. The molecule has 29 heavy (non-hydrogen) atoms. The molecule has 1 aromatic heterocycles. The fraction of sp³-hybridized carbons (Fsp3) is 0.227.